The first kappa shape index (κ1) is 13.4. The van der Waals surface area contributed by atoms with E-state index in [9.17, 15) is 0 Å². The summed E-state index contributed by atoms with van der Waals surface area (Å²) in [6, 6.07) is 9.90. The molecule has 1 aromatic heterocycles. The zero-order valence-corrected chi connectivity index (χ0v) is 11.6. The molecule has 2 rings (SSSR count). The van der Waals surface area contributed by atoms with E-state index in [0.29, 0.717) is 6.61 Å². The molecule has 0 saturated carbocycles. The first-order valence-corrected chi connectivity index (χ1v) is 6.55. The van der Waals surface area contributed by atoms with Crippen LogP contribution in [0.1, 0.15) is 19.4 Å². The Morgan fingerprint density at radius 2 is 1.95 bits per heavy atom. The third-order valence-electron chi connectivity index (χ3n) is 3.00. The van der Waals surface area contributed by atoms with Crippen molar-refractivity contribution in [2.24, 2.45) is 0 Å². The summed E-state index contributed by atoms with van der Waals surface area (Å²) in [6.07, 6.45) is 2.69. The van der Waals surface area contributed by atoms with Crippen LogP contribution in [0.4, 0.5) is 0 Å². The minimum Gasteiger partial charge on any atom is -0.496 e. The van der Waals surface area contributed by atoms with Crippen molar-refractivity contribution < 1.29 is 9.47 Å². The quantitative estimate of drug-likeness (QED) is 0.818. The molecule has 19 heavy (non-hydrogen) atoms. The molecule has 3 heteroatoms. The van der Waals surface area contributed by atoms with Crippen LogP contribution in [0.3, 0.4) is 0 Å². The molecule has 1 aromatic carbocycles. The highest BCUT2D eigenvalue weighted by Crippen LogP contribution is 2.35. The van der Waals surface area contributed by atoms with Crippen LogP contribution < -0.4 is 9.47 Å². The van der Waals surface area contributed by atoms with Crippen LogP contribution in [0.2, 0.25) is 0 Å². The molecule has 0 unspecified atom stereocenters. The van der Waals surface area contributed by atoms with Crippen molar-refractivity contribution in [3.8, 4) is 22.8 Å². The number of aryl methyl sites for hydroxylation is 1. The van der Waals surface area contributed by atoms with E-state index in [1.807, 2.05) is 37.3 Å². The summed E-state index contributed by atoms with van der Waals surface area (Å²) in [7, 11) is 1.68. The smallest absolute Gasteiger partial charge is 0.128 e. The number of hydrogen-bond acceptors (Lipinski definition) is 3. The lowest BCUT2D eigenvalue weighted by molar-refractivity contribution is 0.335. The Morgan fingerprint density at radius 1 is 1.11 bits per heavy atom. The Morgan fingerprint density at radius 3 is 2.53 bits per heavy atom. The van der Waals surface area contributed by atoms with Crippen LogP contribution >= 0.6 is 0 Å². The van der Waals surface area contributed by atoms with Crippen molar-refractivity contribution in [3.05, 3.63) is 42.1 Å². The maximum absolute atomic E-state index is 5.71. The Labute approximate surface area is 114 Å². The Hall–Kier alpha value is -2.03. The summed E-state index contributed by atoms with van der Waals surface area (Å²) in [5.74, 6) is 1.74. The standard InChI is InChI=1S/C16H19NO2/c1-4-12-10-16(18-3)13(11-15(12)19-5-2)14-8-6-7-9-17-14/h6-11H,4-5H2,1-3H3. The van der Waals surface area contributed by atoms with Crippen LogP contribution in [0.25, 0.3) is 11.3 Å². The Bertz CT molecular complexity index is 538. The summed E-state index contributed by atoms with van der Waals surface area (Å²) < 4.78 is 11.2. The number of rotatable bonds is 5. The molecule has 0 N–H and O–H groups in total. The van der Waals surface area contributed by atoms with Crippen molar-refractivity contribution in [1.29, 1.82) is 0 Å². The SMILES string of the molecule is CCOc1cc(-c2ccccn2)c(OC)cc1CC. The maximum atomic E-state index is 5.71. The van der Waals surface area contributed by atoms with Crippen LogP contribution in [0.15, 0.2) is 36.5 Å². The highest BCUT2D eigenvalue weighted by molar-refractivity contribution is 5.70. The van der Waals surface area contributed by atoms with Crippen LogP contribution in [0, 0.1) is 0 Å². The van der Waals surface area contributed by atoms with Crippen molar-refractivity contribution in [2.45, 2.75) is 20.3 Å². The predicted octanol–water partition coefficient (Wildman–Crippen LogP) is 3.72. The average Bonchev–Trinajstić information content (AvgIpc) is 2.48. The summed E-state index contributed by atoms with van der Waals surface area (Å²) >= 11 is 0. The van der Waals surface area contributed by atoms with Gasteiger partial charge in [0, 0.05) is 11.8 Å². The highest BCUT2D eigenvalue weighted by atomic mass is 16.5. The summed E-state index contributed by atoms with van der Waals surface area (Å²) in [5, 5.41) is 0. The van der Waals surface area contributed by atoms with Gasteiger partial charge in [0.25, 0.3) is 0 Å². The summed E-state index contributed by atoms with van der Waals surface area (Å²) in [4.78, 5) is 4.38. The van der Waals surface area contributed by atoms with E-state index in [1.54, 1.807) is 13.3 Å². The number of methoxy groups -OCH3 is 1. The minimum atomic E-state index is 0.654. The molecule has 1 heterocycles. The zero-order valence-electron chi connectivity index (χ0n) is 11.6. The molecule has 2 aromatic rings. The van der Waals surface area contributed by atoms with Gasteiger partial charge in [-0.1, -0.05) is 13.0 Å². The third kappa shape index (κ3) is 2.87. The van der Waals surface area contributed by atoms with E-state index in [2.05, 4.69) is 11.9 Å². The molecule has 0 aliphatic carbocycles. The molecule has 0 spiro atoms. The van der Waals surface area contributed by atoms with E-state index in [1.165, 1.54) is 0 Å². The molecule has 100 valence electrons. The number of pyridine rings is 1. The molecular weight excluding hydrogens is 238 g/mol. The van der Waals surface area contributed by atoms with Crippen LogP contribution in [-0.4, -0.2) is 18.7 Å². The minimum absolute atomic E-state index is 0.654. The monoisotopic (exact) mass is 257 g/mol. The van der Waals surface area contributed by atoms with Gasteiger partial charge in [0.1, 0.15) is 11.5 Å². The van der Waals surface area contributed by atoms with Crippen LogP contribution in [0.5, 0.6) is 11.5 Å². The molecule has 0 aliphatic heterocycles. The highest BCUT2D eigenvalue weighted by Gasteiger charge is 2.12. The van der Waals surface area contributed by atoms with E-state index in [-0.39, 0.29) is 0 Å². The van der Waals surface area contributed by atoms with Gasteiger partial charge >= 0.3 is 0 Å². The van der Waals surface area contributed by atoms with Gasteiger partial charge in [-0.2, -0.15) is 0 Å². The van der Waals surface area contributed by atoms with Crippen molar-refractivity contribution in [1.82, 2.24) is 4.98 Å². The fourth-order valence-corrected chi connectivity index (χ4v) is 2.06. The molecule has 0 fully saturated rings. The van der Waals surface area contributed by atoms with Gasteiger partial charge < -0.3 is 9.47 Å². The number of ether oxygens (including phenoxy) is 2. The molecule has 0 atom stereocenters. The Kier molecular flexibility index (Phi) is 4.39. The van der Waals surface area contributed by atoms with Crippen molar-refractivity contribution in [3.63, 3.8) is 0 Å². The zero-order chi connectivity index (χ0) is 13.7. The lowest BCUT2D eigenvalue weighted by Gasteiger charge is -2.14. The first-order chi connectivity index (χ1) is 9.30. The number of hydrogen-bond donors (Lipinski definition) is 0. The van der Waals surface area contributed by atoms with Gasteiger partial charge in [0.15, 0.2) is 0 Å². The second kappa shape index (κ2) is 6.23. The summed E-state index contributed by atoms with van der Waals surface area (Å²) in [6.45, 7) is 4.75. The van der Waals surface area contributed by atoms with E-state index in [4.69, 9.17) is 9.47 Å². The van der Waals surface area contributed by atoms with Gasteiger partial charge in [-0.25, -0.2) is 0 Å². The van der Waals surface area contributed by atoms with Gasteiger partial charge in [0.2, 0.25) is 0 Å². The van der Waals surface area contributed by atoms with E-state index >= 15 is 0 Å². The van der Waals surface area contributed by atoms with Crippen molar-refractivity contribution >= 4 is 0 Å². The van der Waals surface area contributed by atoms with Gasteiger partial charge in [-0.15, -0.1) is 0 Å². The first-order valence-electron chi connectivity index (χ1n) is 6.55. The molecular formula is C16H19NO2. The van der Waals surface area contributed by atoms with Gasteiger partial charge in [-0.05, 0) is 43.2 Å². The molecule has 0 radical (unpaired) electrons. The fourth-order valence-electron chi connectivity index (χ4n) is 2.06. The maximum Gasteiger partial charge on any atom is 0.128 e. The lowest BCUT2D eigenvalue weighted by atomic mass is 10.0. The number of aromatic nitrogens is 1. The number of nitrogens with zero attached hydrogens (tertiary/aromatic N) is 1. The third-order valence-corrected chi connectivity index (χ3v) is 3.00. The lowest BCUT2D eigenvalue weighted by Crippen LogP contribution is -1.99. The van der Waals surface area contributed by atoms with E-state index in [0.717, 1.165) is 34.7 Å². The second-order valence-corrected chi connectivity index (χ2v) is 4.16. The topological polar surface area (TPSA) is 31.4 Å². The van der Waals surface area contributed by atoms with Crippen LogP contribution in [-0.2, 0) is 6.42 Å². The van der Waals surface area contributed by atoms with Gasteiger partial charge in [-0.3, -0.25) is 4.98 Å². The Balaban J connectivity index is 2.55. The van der Waals surface area contributed by atoms with Crippen molar-refractivity contribution in [2.75, 3.05) is 13.7 Å². The normalized spacial score (nSPS) is 10.3. The second-order valence-electron chi connectivity index (χ2n) is 4.16. The fraction of sp³-hybridized carbons (Fsp3) is 0.312. The molecule has 0 amide bonds. The largest absolute Gasteiger partial charge is 0.496 e. The predicted molar refractivity (Wildman–Crippen MR) is 76.8 cm³/mol. The molecule has 0 aliphatic rings. The average molecular weight is 257 g/mol. The molecule has 3 nitrogen and oxygen atoms in total. The molecule has 0 bridgehead atoms. The van der Waals surface area contributed by atoms with Gasteiger partial charge in [0.05, 0.1) is 19.4 Å². The van der Waals surface area contributed by atoms with E-state index < -0.39 is 0 Å². The number of benzene rings is 1. The molecule has 0 saturated heterocycles. The summed E-state index contributed by atoms with van der Waals surface area (Å²) in [5.41, 5.74) is 3.00.